The van der Waals surface area contributed by atoms with Crippen LogP contribution in [0.4, 0.5) is 5.13 Å². The number of rotatable bonds is 20. The Balaban J connectivity index is 0.875. The number of methoxy groups -OCH3 is 1. The van der Waals surface area contributed by atoms with Gasteiger partial charge in [-0.25, -0.2) is 9.78 Å². The fourth-order valence-electron chi connectivity index (χ4n) is 11.2. The van der Waals surface area contributed by atoms with E-state index in [0.717, 1.165) is 16.7 Å². The second-order valence-electron chi connectivity index (χ2n) is 20.7. The summed E-state index contributed by atoms with van der Waals surface area (Å²) in [4.78, 5) is 72.0. The fraction of sp³-hybridized carbons (Fsp3) is 0.130. The summed E-state index contributed by atoms with van der Waals surface area (Å²) in [5, 5.41) is 12.9. The van der Waals surface area contributed by atoms with Crippen LogP contribution in [0.15, 0.2) is 255 Å². The number of nitrogens with zero attached hydrogens (tertiary/aromatic N) is 3. The van der Waals surface area contributed by atoms with Gasteiger partial charge in [0.15, 0.2) is 33.8 Å². The van der Waals surface area contributed by atoms with Crippen LogP contribution in [-0.4, -0.2) is 74.8 Å². The summed E-state index contributed by atoms with van der Waals surface area (Å²) in [5.74, 6) is -0.874. The van der Waals surface area contributed by atoms with Gasteiger partial charge in [-0.1, -0.05) is 199 Å². The minimum absolute atomic E-state index is 0.0448. The van der Waals surface area contributed by atoms with E-state index in [0.29, 0.717) is 64.5 Å². The number of thiazole rings is 1. The number of amides is 2. The lowest BCUT2D eigenvalue weighted by Gasteiger charge is -2.49. The number of fused-ring (bicyclic) bond motifs is 3. The molecule has 0 radical (unpaired) electrons. The molecule has 13 rings (SSSR count). The molecular weight excluding hydrogens is 1190 g/mol. The van der Waals surface area contributed by atoms with Gasteiger partial charge in [0, 0.05) is 55.6 Å². The SMILES string of the molecule is COc1ccc(COC(=O)C2=C(CSc3cc(=O)c4cc5c(cc4s3)OCO5)C[S+]([O-])[C@H]3C(NC(=O)/C(=N\OC(c4ccccc4)(c4ccccc4)c4ccccc4)c4csc(NC(c5ccccc5)(c5ccccc5)c5ccccc5)n4)C(=O)N23)cc1. The molecular formula is C69H53N5O10S4. The fourth-order valence-corrected chi connectivity index (χ4v) is 16.0. The van der Waals surface area contributed by atoms with Crippen molar-refractivity contribution in [3.05, 3.63) is 296 Å². The number of aromatic nitrogens is 1. The third-order valence-corrected chi connectivity index (χ3v) is 20.3. The van der Waals surface area contributed by atoms with Crippen molar-refractivity contribution in [2.45, 2.75) is 33.4 Å². The molecule has 2 amide bonds. The molecule has 0 bridgehead atoms. The molecule has 3 aliphatic rings. The van der Waals surface area contributed by atoms with Crippen molar-refractivity contribution >= 4 is 84.3 Å². The zero-order chi connectivity index (χ0) is 60.2. The normalized spacial score (nSPS) is 16.3. The molecule has 0 spiro atoms. The number of β-lactam (4-membered cyclic amide) rings is 1. The maximum Gasteiger partial charge on any atom is 0.355 e. The Kier molecular flexibility index (Phi) is 16.4. The predicted molar refractivity (Wildman–Crippen MR) is 342 cm³/mol. The number of esters is 1. The Morgan fingerprint density at radius 3 is 1.81 bits per heavy atom. The zero-order valence-electron chi connectivity index (χ0n) is 47.0. The quantitative estimate of drug-likeness (QED) is 0.0140. The monoisotopic (exact) mass is 1240 g/mol. The summed E-state index contributed by atoms with van der Waals surface area (Å²) in [5.41, 5.74) is 2.91. The van der Waals surface area contributed by atoms with E-state index >= 15 is 4.79 Å². The first kappa shape index (κ1) is 57.6. The zero-order valence-corrected chi connectivity index (χ0v) is 50.2. The molecule has 2 N–H and O–H groups in total. The van der Waals surface area contributed by atoms with Gasteiger partial charge in [-0.05, 0) is 51.6 Å². The average molecular weight is 1240 g/mol. The first-order valence-corrected chi connectivity index (χ1v) is 32.0. The highest BCUT2D eigenvalue weighted by Gasteiger charge is 2.61. The molecule has 0 saturated carbocycles. The van der Waals surface area contributed by atoms with Crippen molar-refractivity contribution in [3.8, 4) is 17.2 Å². The van der Waals surface area contributed by atoms with Crippen LogP contribution in [0.25, 0.3) is 10.1 Å². The van der Waals surface area contributed by atoms with Crippen molar-refractivity contribution < 1.29 is 42.7 Å². The summed E-state index contributed by atoms with van der Waals surface area (Å²) < 4.78 is 38.5. The maximum absolute atomic E-state index is 15.6. The number of carbonyl (C=O) groups is 3. The number of hydrogen-bond acceptors (Lipinski definition) is 16. The number of oxime groups is 1. The number of nitrogens with one attached hydrogen (secondary N) is 2. The van der Waals surface area contributed by atoms with Crippen LogP contribution in [0.1, 0.15) is 44.6 Å². The van der Waals surface area contributed by atoms with Crippen molar-refractivity contribution in [1.82, 2.24) is 15.2 Å². The van der Waals surface area contributed by atoms with Gasteiger partial charge in [0.1, 0.15) is 35.0 Å². The standard InChI is InChI=1S/C69H53N5O10S4/c1-80-52-34-32-44(33-35-52)39-81-66(78)62-45(40-85-59-37-55(75)53-36-56-57(83-43-82-56)38-58(53)87-59)42-88(79)65-61(64(77)74(62)65)71-63(76)60(73-84-69(49-26-14-5-15-27-49,50-28-16-6-17-29-50)51-30-18-7-19-31-51)54-41-86-67(70-54)72-68(46-20-8-2-9-21-46,47-22-10-3-11-23-47)48-24-12-4-13-25-48/h2-38,41,61,65H,39-40,42-43H2,1H3,(H,70,72)(H,71,76)/b73-60-/t61?,65-,88?/m0/s1. The molecule has 10 aromatic rings. The van der Waals surface area contributed by atoms with Crippen LogP contribution in [0.5, 0.6) is 17.2 Å². The first-order valence-electron chi connectivity index (χ1n) is 28.0. The van der Waals surface area contributed by atoms with Gasteiger partial charge in [-0.2, -0.15) is 0 Å². The second kappa shape index (κ2) is 25.1. The third kappa shape index (κ3) is 11.1. The van der Waals surface area contributed by atoms with Crippen molar-refractivity contribution in [2.24, 2.45) is 5.16 Å². The molecule has 1 saturated heterocycles. The molecule has 2 aromatic heterocycles. The smallest absolute Gasteiger partial charge is 0.355 e. The topological polar surface area (TPSA) is 190 Å². The molecule has 3 aliphatic heterocycles. The minimum atomic E-state index is -1.89. The average Bonchev–Trinajstić information content (AvgIpc) is 0.917. The predicted octanol–water partition coefficient (Wildman–Crippen LogP) is 11.8. The molecule has 15 nitrogen and oxygen atoms in total. The number of carbonyl (C=O) groups excluding carboxylic acids is 3. The number of anilines is 1. The van der Waals surface area contributed by atoms with Gasteiger partial charge in [0.25, 0.3) is 11.8 Å². The number of thioether (sulfide) groups is 1. The van der Waals surface area contributed by atoms with E-state index in [1.807, 2.05) is 146 Å². The Labute approximate surface area is 521 Å². The van der Waals surface area contributed by atoms with E-state index in [1.54, 1.807) is 48.9 Å². The molecule has 1 fully saturated rings. The summed E-state index contributed by atoms with van der Waals surface area (Å²) >= 11 is 1.97. The minimum Gasteiger partial charge on any atom is -0.614 e. The van der Waals surface area contributed by atoms with Gasteiger partial charge in [0.05, 0.1) is 11.3 Å². The lowest BCUT2D eigenvalue weighted by molar-refractivity contribution is -0.153. The van der Waals surface area contributed by atoms with Crippen LogP contribution >= 0.6 is 34.4 Å². The van der Waals surface area contributed by atoms with Crippen molar-refractivity contribution in [1.29, 1.82) is 0 Å². The third-order valence-electron chi connectivity index (χ3n) is 15.5. The molecule has 8 aromatic carbocycles. The van der Waals surface area contributed by atoms with E-state index < -0.39 is 51.5 Å². The van der Waals surface area contributed by atoms with Crippen molar-refractivity contribution in [2.75, 3.05) is 30.7 Å². The first-order chi connectivity index (χ1) is 43.1. The highest BCUT2D eigenvalue weighted by molar-refractivity contribution is 8.01. The van der Waals surface area contributed by atoms with E-state index in [-0.39, 0.29) is 47.4 Å². The Bertz CT molecular complexity index is 4120. The molecule has 88 heavy (non-hydrogen) atoms. The summed E-state index contributed by atoms with van der Waals surface area (Å²) in [6.07, 6.45) is 0. The summed E-state index contributed by atoms with van der Waals surface area (Å²) in [7, 11) is 1.55. The lowest BCUT2D eigenvalue weighted by Crippen LogP contribution is -2.75. The lowest BCUT2D eigenvalue weighted by atomic mass is 9.77. The van der Waals surface area contributed by atoms with Crippen LogP contribution < -0.4 is 30.3 Å². The van der Waals surface area contributed by atoms with Gasteiger partial charge in [-0.15, -0.1) is 34.4 Å². The molecule has 438 valence electrons. The number of benzene rings is 8. The van der Waals surface area contributed by atoms with E-state index in [1.165, 1.54) is 45.4 Å². The number of hydrogen-bond donors (Lipinski definition) is 2. The second-order valence-corrected chi connectivity index (χ2v) is 25.4. The number of ether oxygens (including phenoxy) is 4. The maximum atomic E-state index is 15.6. The van der Waals surface area contributed by atoms with Crippen LogP contribution in [0.3, 0.4) is 0 Å². The van der Waals surface area contributed by atoms with Gasteiger partial charge >= 0.3 is 5.97 Å². The van der Waals surface area contributed by atoms with Crippen LogP contribution in [-0.2, 0) is 52.9 Å². The molecule has 5 heterocycles. The highest BCUT2D eigenvalue weighted by Crippen LogP contribution is 2.45. The Morgan fingerprint density at radius 1 is 0.727 bits per heavy atom. The van der Waals surface area contributed by atoms with Gasteiger partial charge in [0.2, 0.25) is 17.8 Å². The largest absolute Gasteiger partial charge is 0.614 e. The summed E-state index contributed by atoms with van der Waals surface area (Å²) in [6.45, 7) is -0.113. The molecule has 2 unspecified atom stereocenters. The van der Waals surface area contributed by atoms with Crippen molar-refractivity contribution in [3.63, 3.8) is 0 Å². The highest BCUT2D eigenvalue weighted by atomic mass is 32.2. The van der Waals surface area contributed by atoms with Crippen LogP contribution in [0.2, 0.25) is 0 Å². The molecule has 3 atom stereocenters. The van der Waals surface area contributed by atoms with E-state index in [2.05, 4.69) is 47.0 Å². The molecule has 19 heteroatoms. The van der Waals surface area contributed by atoms with Gasteiger partial charge < -0.3 is 39.0 Å². The molecule has 0 aliphatic carbocycles. The van der Waals surface area contributed by atoms with Crippen LogP contribution in [0, 0.1) is 0 Å². The Hall–Kier alpha value is -9.50. The van der Waals surface area contributed by atoms with E-state index in [9.17, 15) is 18.9 Å². The van der Waals surface area contributed by atoms with Gasteiger partial charge in [-0.3, -0.25) is 19.3 Å². The Morgan fingerprint density at radius 2 is 1.26 bits per heavy atom. The van der Waals surface area contributed by atoms with E-state index in [4.69, 9.17) is 33.9 Å². The summed E-state index contributed by atoms with van der Waals surface area (Å²) in [6, 6.07) is 69.2.